The van der Waals surface area contributed by atoms with Crippen molar-refractivity contribution in [3.8, 4) is 0 Å². The van der Waals surface area contributed by atoms with Crippen LogP contribution in [0.4, 0.5) is 0 Å². The van der Waals surface area contributed by atoms with E-state index in [0.29, 0.717) is 0 Å². The summed E-state index contributed by atoms with van der Waals surface area (Å²) in [5.74, 6) is 0.948. The molecule has 74 valence electrons. The van der Waals surface area contributed by atoms with Crippen molar-refractivity contribution < 1.29 is 4.42 Å². The second-order valence-electron chi connectivity index (χ2n) is 2.97. The minimum atomic E-state index is 0.106. The third-order valence-electron chi connectivity index (χ3n) is 1.98. The quantitative estimate of drug-likeness (QED) is 0.725. The van der Waals surface area contributed by atoms with Crippen molar-refractivity contribution in [1.29, 1.82) is 0 Å². The van der Waals surface area contributed by atoms with Crippen LogP contribution in [0, 0.1) is 6.92 Å². The second-order valence-corrected chi connectivity index (χ2v) is 5.63. The Labute approximate surface area is 99.8 Å². The van der Waals surface area contributed by atoms with Crippen molar-refractivity contribution in [2.75, 3.05) is 0 Å². The summed E-state index contributed by atoms with van der Waals surface area (Å²) in [4.78, 5) is 1.27. The fourth-order valence-corrected chi connectivity index (χ4v) is 3.18. The SMILES string of the molecule is Cc1ccoc1C(Br)c1ccc(Cl)s1. The van der Waals surface area contributed by atoms with Crippen LogP contribution in [0.1, 0.15) is 21.0 Å². The summed E-state index contributed by atoms with van der Waals surface area (Å²) < 4.78 is 6.21. The van der Waals surface area contributed by atoms with Gasteiger partial charge in [0.05, 0.1) is 10.6 Å². The topological polar surface area (TPSA) is 13.1 Å². The van der Waals surface area contributed by atoms with Gasteiger partial charge in [0.2, 0.25) is 0 Å². The van der Waals surface area contributed by atoms with Crippen molar-refractivity contribution in [3.63, 3.8) is 0 Å². The third kappa shape index (κ3) is 1.90. The first kappa shape index (κ1) is 10.3. The number of aryl methyl sites for hydroxylation is 1. The average molecular weight is 292 g/mol. The monoisotopic (exact) mass is 290 g/mol. The predicted octanol–water partition coefficient (Wildman–Crippen LogP) is 4.79. The maximum absolute atomic E-state index is 5.87. The van der Waals surface area contributed by atoms with Crippen LogP contribution in [0.25, 0.3) is 0 Å². The minimum absolute atomic E-state index is 0.106. The minimum Gasteiger partial charge on any atom is -0.467 e. The van der Waals surface area contributed by atoms with E-state index in [1.165, 1.54) is 0 Å². The predicted molar refractivity (Wildman–Crippen MR) is 63.5 cm³/mol. The Morgan fingerprint density at radius 1 is 1.43 bits per heavy atom. The van der Waals surface area contributed by atoms with Crippen LogP contribution in [-0.2, 0) is 0 Å². The smallest absolute Gasteiger partial charge is 0.125 e. The van der Waals surface area contributed by atoms with Crippen molar-refractivity contribution in [2.45, 2.75) is 11.8 Å². The molecule has 0 radical (unpaired) electrons. The van der Waals surface area contributed by atoms with Gasteiger partial charge in [-0.2, -0.15) is 0 Å². The molecule has 0 aromatic carbocycles. The molecule has 0 bridgehead atoms. The molecule has 2 aromatic rings. The maximum Gasteiger partial charge on any atom is 0.125 e. The molecule has 2 rings (SSSR count). The molecule has 0 saturated heterocycles. The molecule has 0 spiro atoms. The van der Waals surface area contributed by atoms with Gasteiger partial charge in [0.1, 0.15) is 10.6 Å². The van der Waals surface area contributed by atoms with E-state index in [9.17, 15) is 0 Å². The highest BCUT2D eigenvalue weighted by atomic mass is 79.9. The molecule has 1 atom stereocenters. The van der Waals surface area contributed by atoms with Crippen molar-refractivity contribution in [3.05, 3.63) is 45.0 Å². The summed E-state index contributed by atoms with van der Waals surface area (Å²) in [6, 6.07) is 5.86. The van der Waals surface area contributed by atoms with Crippen molar-refractivity contribution >= 4 is 38.9 Å². The van der Waals surface area contributed by atoms with Gasteiger partial charge >= 0.3 is 0 Å². The largest absolute Gasteiger partial charge is 0.467 e. The van der Waals surface area contributed by atoms with E-state index in [0.717, 1.165) is 20.5 Å². The molecular weight excluding hydrogens is 284 g/mol. The third-order valence-corrected chi connectivity index (χ3v) is 4.48. The van der Waals surface area contributed by atoms with E-state index < -0.39 is 0 Å². The fraction of sp³-hybridized carbons (Fsp3) is 0.200. The van der Waals surface area contributed by atoms with Crippen LogP contribution >= 0.6 is 38.9 Å². The molecule has 0 N–H and O–H groups in total. The van der Waals surface area contributed by atoms with Crippen LogP contribution in [-0.4, -0.2) is 0 Å². The molecule has 0 aliphatic heterocycles. The van der Waals surface area contributed by atoms with Crippen molar-refractivity contribution in [1.82, 2.24) is 0 Å². The molecule has 1 unspecified atom stereocenters. The zero-order valence-corrected chi connectivity index (χ0v) is 10.6. The maximum atomic E-state index is 5.87. The lowest BCUT2D eigenvalue weighted by Gasteiger charge is -2.04. The zero-order chi connectivity index (χ0) is 10.1. The Morgan fingerprint density at radius 3 is 2.71 bits per heavy atom. The van der Waals surface area contributed by atoms with Crippen LogP contribution in [0.3, 0.4) is 0 Å². The molecule has 0 fully saturated rings. The molecule has 0 aliphatic carbocycles. The van der Waals surface area contributed by atoms with Crippen molar-refractivity contribution in [2.24, 2.45) is 0 Å². The molecule has 0 saturated carbocycles. The number of halogens is 2. The lowest BCUT2D eigenvalue weighted by atomic mass is 10.2. The van der Waals surface area contributed by atoms with E-state index >= 15 is 0 Å². The van der Waals surface area contributed by atoms with Crippen LogP contribution in [0.2, 0.25) is 4.34 Å². The number of furan rings is 1. The molecule has 0 amide bonds. The van der Waals surface area contributed by atoms with Gasteiger partial charge in [-0.15, -0.1) is 11.3 Å². The van der Waals surface area contributed by atoms with E-state index in [2.05, 4.69) is 15.9 Å². The average Bonchev–Trinajstić information content (AvgIpc) is 2.73. The second kappa shape index (κ2) is 4.09. The lowest BCUT2D eigenvalue weighted by Crippen LogP contribution is -1.88. The Balaban J connectivity index is 2.33. The first-order valence-corrected chi connectivity index (χ1v) is 6.23. The van der Waals surface area contributed by atoms with Gasteiger partial charge in [0.15, 0.2) is 0 Å². The van der Waals surface area contributed by atoms with Gasteiger partial charge in [-0.25, -0.2) is 0 Å². The lowest BCUT2D eigenvalue weighted by molar-refractivity contribution is 0.518. The van der Waals surface area contributed by atoms with Gasteiger partial charge in [0, 0.05) is 4.88 Å². The number of rotatable bonds is 2. The van der Waals surface area contributed by atoms with Gasteiger partial charge < -0.3 is 4.42 Å². The fourth-order valence-electron chi connectivity index (χ4n) is 1.24. The number of hydrogen-bond acceptors (Lipinski definition) is 2. The van der Waals surface area contributed by atoms with E-state index in [-0.39, 0.29) is 4.83 Å². The molecular formula is C10H8BrClOS. The first-order chi connectivity index (χ1) is 6.68. The summed E-state index contributed by atoms with van der Waals surface area (Å²) in [6.45, 7) is 2.03. The summed E-state index contributed by atoms with van der Waals surface area (Å²) in [5.41, 5.74) is 1.15. The standard InChI is InChI=1S/C10H8BrClOS/c1-6-4-5-13-10(6)9(11)7-2-3-8(12)14-7/h2-5,9H,1H3. The highest BCUT2D eigenvalue weighted by Gasteiger charge is 2.17. The van der Waals surface area contributed by atoms with Gasteiger partial charge in [-0.05, 0) is 30.7 Å². The van der Waals surface area contributed by atoms with Gasteiger partial charge in [-0.1, -0.05) is 27.5 Å². The molecule has 14 heavy (non-hydrogen) atoms. The Bertz CT molecular complexity index is 435. The highest BCUT2D eigenvalue weighted by Crippen LogP contribution is 2.38. The summed E-state index contributed by atoms with van der Waals surface area (Å²) >= 11 is 11.0. The van der Waals surface area contributed by atoms with Gasteiger partial charge in [-0.3, -0.25) is 0 Å². The Kier molecular flexibility index (Phi) is 3.00. The summed E-state index contributed by atoms with van der Waals surface area (Å²) in [7, 11) is 0. The Morgan fingerprint density at radius 2 is 2.21 bits per heavy atom. The number of thiophene rings is 1. The van der Waals surface area contributed by atoms with E-state index in [4.69, 9.17) is 16.0 Å². The summed E-state index contributed by atoms with van der Waals surface area (Å²) in [6.07, 6.45) is 1.70. The first-order valence-electron chi connectivity index (χ1n) is 4.12. The molecule has 2 aromatic heterocycles. The normalized spacial score (nSPS) is 13.1. The van der Waals surface area contributed by atoms with Crippen LogP contribution in [0.15, 0.2) is 28.9 Å². The summed E-state index contributed by atoms with van der Waals surface area (Å²) in [5, 5.41) is 0. The van der Waals surface area contributed by atoms with Gasteiger partial charge in [0.25, 0.3) is 0 Å². The molecule has 2 heterocycles. The molecule has 4 heteroatoms. The zero-order valence-electron chi connectivity index (χ0n) is 7.46. The van der Waals surface area contributed by atoms with E-state index in [1.807, 2.05) is 25.1 Å². The van der Waals surface area contributed by atoms with E-state index in [1.54, 1.807) is 17.6 Å². The highest BCUT2D eigenvalue weighted by molar-refractivity contribution is 9.09. The number of alkyl halides is 1. The molecule has 0 aliphatic rings. The van der Waals surface area contributed by atoms with Crippen LogP contribution in [0.5, 0.6) is 0 Å². The van der Waals surface area contributed by atoms with Crippen LogP contribution < -0.4 is 0 Å². The molecule has 1 nitrogen and oxygen atoms in total. The Hall–Kier alpha value is -0.250. The number of hydrogen-bond donors (Lipinski definition) is 0.